The largest absolute Gasteiger partial charge is 0.530 e. The fourth-order valence-electron chi connectivity index (χ4n) is 3.14. The average Bonchev–Trinajstić information content (AvgIpc) is 2.95. The van der Waals surface area contributed by atoms with Gasteiger partial charge in [-0.15, -0.1) is 0 Å². The van der Waals surface area contributed by atoms with E-state index in [-0.39, 0.29) is 0 Å². The Bertz CT molecular complexity index is 1190. The molecule has 190 valence electrons. The van der Waals surface area contributed by atoms with E-state index in [0.29, 0.717) is 34.5 Å². The minimum absolute atomic E-state index is 0.509. The first-order chi connectivity index (χ1) is 18.8. The maximum atomic E-state index is 6.15. The third kappa shape index (κ3) is 7.88. The van der Waals surface area contributed by atoms with Crippen LogP contribution < -0.4 is 27.1 Å². The summed E-state index contributed by atoms with van der Waals surface area (Å²) in [6, 6.07) is 44.8. The molecule has 0 aromatic heterocycles. The predicted octanol–water partition coefficient (Wildman–Crippen LogP) is 9.21. The monoisotopic (exact) mass is 542 g/mol. The smallest absolute Gasteiger partial charge is 0.409 e. The van der Waals surface area contributed by atoms with Crippen LogP contribution in [-0.2, 0) is 0 Å². The average molecular weight is 542 g/mol. The highest BCUT2D eigenvalue weighted by molar-refractivity contribution is 7.43. The van der Waals surface area contributed by atoms with Crippen LogP contribution in [0.4, 0.5) is 0 Å². The summed E-state index contributed by atoms with van der Waals surface area (Å²) >= 11 is 0. The van der Waals surface area contributed by atoms with E-state index in [1.54, 1.807) is 6.07 Å². The molecule has 0 aliphatic heterocycles. The van der Waals surface area contributed by atoms with Gasteiger partial charge in [-0.25, -0.2) is 0 Å². The van der Waals surface area contributed by atoms with E-state index in [1.807, 2.05) is 140 Å². The lowest BCUT2D eigenvalue weighted by Crippen LogP contribution is -2.03. The summed E-state index contributed by atoms with van der Waals surface area (Å²) < 4.78 is 36.4. The molecule has 0 aliphatic carbocycles. The predicted molar refractivity (Wildman–Crippen MR) is 150 cm³/mol. The van der Waals surface area contributed by atoms with Gasteiger partial charge in [0.05, 0.1) is 0 Å². The molecule has 5 aromatic carbocycles. The quantitative estimate of drug-likeness (QED) is 0.147. The highest BCUT2D eigenvalue weighted by atomic mass is 31.2. The highest BCUT2D eigenvalue weighted by Crippen LogP contribution is 2.45. The third-order valence-corrected chi connectivity index (χ3v) is 7.02. The first-order valence-electron chi connectivity index (χ1n) is 11.8. The number of hydrogen-bond acceptors (Lipinski definition) is 6. The minimum Gasteiger partial charge on any atom is -0.409 e. The van der Waals surface area contributed by atoms with Gasteiger partial charge in [-0.3, -0.25) is 0 Å². The van der Waals surface area contributed by atoms with Crippen LogP contribution in [0.3, 0.4) is 0 Å². The van der Waals surface area contributed by atoms with Crippen LogP contribution in [0.1, 0.15) is 0 Å². The normalized spacial score (nSPS) is 10.6. The van der Waals surface area contributed by atoms with Gasteiger partial charge in [-0.05, 0) is 60.7 Å². The molecule has 5 rings (SSSR count). The van der Waals surface area contributed by atoms with Gasteiger partial charge < -0.3 is 27.1 Å². The van der Waals surface area contributed by atoms with Gasteiger partial charge in [0.1, 0.15) is 34.5 Å². The Labute approximate surface area is 224 Å². The van der Waals surface area contributed by atoms with Gasteiger partial charge in [0.25, 0.3) is 0 Å². The molecule has 0 bridgehead atoms. The van der Waals surface area contributed by atoms with Crippen LogP contribution in [0, 0.1) is 0 Å². The SMILES string of the molecule is c1ccc(OP(Oc2ccccc2)Oc2cccc(OP(Oc3ccccc3)Oc3ccccc3)c2)cc1. The molecule has 0 radical (unpaired) electrons. The summed E-state index contributed by atoms with van der Waals surface area (Å²) in [6.07, 6.45) is 0. The van der Waals surface area contributed by atoms with Crippen molar-refractivity contribution < 1.29 is 27.1 Å². The molecule has 0 aliphatic rings. The Morgan fingerprint density at radius 1 is 0.263 bits per heavy atom. The zero-order valence-electron chi connectivity index (χ0n) is 20.2. The summed E-state index contributed by atoms with van der Waals surface area (Å²) in [5.74, 6) is 3.57. The number of rotatable bonds is 12. The first-order valence-corrected chi connectivity index (χ1v) is 14.0. The summed E-state index contributed by atoms with van der Waals surface area (Å²) in [5.41, 5.74) is 0. The zero-order chi connectivity index (χ0) is 25.8. The third-order valence-electron chi connectivity index (χ3n) is 4.86. The summed E-state index contributed by atoms with van der Waals surface area (Å²) in [7, 11) is -3.63. The van der Waals surface area contributed by atoms with Crippen molar-refractivity contribution in [2.75, 3.05) is 0 Å². The van der Waals surface area contributed by atoms with Crippen LogP contribution >= 0.6 is 17.2 Å². The van der Waals surface area contributed by atoms with E-state index in [2.05, 4.69) is 0 Å². The number of hydrogen-bond donors (Lipinski definition) is 0. The molecule has 6 nitrogen and oxygen atoms in total. The molecule has 38 heavy (non-hydrogen) atoms. The van der Waals surface area contributed by atoms with E-state index >= 15 is 0 Å². The van der Waals surface area contributed by atoms with Crippen molar-refractivity contribution in [3.05, 3.63) is 146 Å². The Kier molecular flexibility index (Phi) is 8.92. The van der Waals surface area contributed by atoms with Crippen LogP contribution in [0.15, 0.2) is 146 Å². The molecular formula is C30H24O6P2. The fraction of sp³-hybridized carbons (Fsp3) is 0. The lowest BCUT2D eigenvalue weighted by Gasteiger charge is -2.19. The summed E-state index contributed by atoms with van der Waals surface area (Å²) in [6.45, 7) is 0. The maximum absolute atomic E-state index is 6.15. The molecular weight excluding hydrogens is 518 g/mol. The number of benzene rings is 5. The van der Waals surface area contributed by atoms with Crippen LogP contribution in [0.25, 0.3) is 0 Å². The van der Waals surface area contributed by atoms with Crippen molar-refractivity contribution in [2.45, 2.75) is 0 Å². The molecule has 0 heterocycles. The van der Waals surface area contributed by atoms with Crippen LogP contribution in [-0.4, -0.2) is 0 Å². The van der Waals surface area contributed by atoms with Gasteiger partial charge in [-0.1, -0.05) is 78.9 Å². The highest BCUT2D eigenvalue weighted by Gasteiger charge is 2.22. The lowest BCUT2D eigenvalue weighted by atomic mass is 10.3. The van der Waals surface area contributed by atoms with E-state index in [9.17, 15) is 0 Å². The molecule has 0 spiro atoms. The van der Waals surface area contributed by atoms with Crippen molar-refractivity contribution >= 4 is 17.2 Å². The Morgan fingerprint density at radius 2 is 0.500 bits per heavy atom. The lowest BCUT2D eigenvalue weighted by molar-refractivity contribution is 0.381. The van der Waals surface area contributed by atoms with Crippen molar-refractivity contribution in [3.63, 3.8) is 0 Å². The first kappa shape index (κ1) is 25.4. The Balaban J connectivity index is 1.32. The molecule has 5 aromatic rings. The molecule has 0 atom stereocenters. The second kappa shape index (κ2) is 13.3. The van der Waals surface area contributed by atoms with Crippen molar-refractivity contribution in [1.82, 2.24) is 0 Å². The van der Waals surface area contributed by atoms with Crippen LogP contribution in [0.2, 0.25) is 0 Å². The topological polar surface area (TPSA) is 55.4 Å². The molecule has 0 fully saturated rings. The standard InChI is InChI=1S/C30H24O6P2/c1-5-14-25(15-6-1)31-37(32-26-16-7-2-8-17-26)35-29-22-13-23-30(24-29)36-38(33-27-18-9-3-10-19-27)34-28-20-11-4-12-21-28/h1-24H. The fourth-order valence-corrected chi connectivity index (χ4v) is 5.11. The second-order valence-electron chi connectivity index (χ2n) is 7.72. The van der Waals surface area contributed by atoms with Crippen LogP contribution in [0.5, 0.6) is 34.5 Å². The molecule has 0 unspecified atom stereocenters. The molecule has 0 N–H and O–H groups in total. The van der Waals surface area contributed by atoms with E-state index in [4.69, 9.17) is 27.1 Å². The van der Waals surface area contributed by atoms with Crippen molar-refractivity contribution in [2.24, 2.45) is 0 Å². The molecule has 8 heteroatoms. The van der Waals surface area contributed by atoms with E-state index in [1.165, 1.54) is 0 Å². The van der Waals surface area contributed by atoms with E-state index in [0.717, 1.165) is 0 Å². The molecule has 0 amide bonds. The minimum atomic E-state index is -1.81. The summed E-state index contributed by atoms with van der Waals surface area (Å²) in [5, 5.41) is 0. The summed E-state index contributed by atoms with van der Waals surface area (Å²) in [4.78, 5) is 0. The second-order valence-corrected chi connectivity index (χ2v) is 9.71. The number of para-hydroxylation sites is 4. The van der Waals surface area contributed by atoms with Gasteiger partial charge >= 0.3 is 17.2 Å². The Hall–Kier alpha value is -4.24. The van der Waals surface area contributed by atoms with Gasteiger partial charge in [0.2, 0.25) is 0 Å². The maximum Gasteiger partial charge on any atom is 0.530 e. The van der Waals surface area contributed by atoms with Gasteiger partial charge in [0, 0.05) is 6.07 Å². The van der Waals surface area contributed by atoms with Gasteiger partial charge in [-0.2, -0.15) is 0 Å². The van der Waals surface area contributed by atoms with Crippen molar-refractivity contribution in [1.29, 1.82) is 0 Å². The van der Waals surface area contributed by atoms with Crippen molar-refractivity contribution in [3.8, 4) is 34.5 Å². The molecule has 0 saturated heterocycles. The van der Waals surface area contributed by atoms with E-state index < -0.39 is 17.2 Å². The Morgan fingerprint density at radius 3 is 0.789 bits per heavy atom. The zero-order valence-corrected chi connectivity index (χ0v) is 22.0. The molecule has 0 saturated carbocycles. The van der Waals surface area contributed by atoms with Gasteiger partial charge in [0.15, 0.2) is 0 Å².